The molecule has 9 nitrogen and oxygen atoms in total. The molecule has 1 fully saturated rings. The molecular formula is C23H21ClFN5O4. The van der Waals surface area contributed by atoms with Gasteiger partial charge in [-0.25, -0.2) is 9.37 Å². The number of nitrogens with one attached hydrogen (secondary N) is 1. The fourth-order valence-corrected chi connectivity index (χ4v) is 4.43. The molecule has 0 saturated heterocycles. The maximum Gasteiger partial charge on any atom is 0.420 e. The predicted molar refractivity (Wildman–Crippen MR) is 118 cm³/mol. The van der Waals surface area contributed by atoms with E-state index >= 15 is 0 Å². The molecular weight excluding hydrogens is 465 g/mol. The Morgan fingerprint density at radius 3 is 2.74 bits per heavy atom. The Balaban J connectivity index is 1.32. The second-order valence-electron chi connectivity index (χ2n) is 8.81. The molecule has 1 aliphatic carbocycles. The molecule has 1 amide bonds. The number of ether oxygens (including phenoxy) is 2. The van der Waals surface area contributed by atoms with Crippen LogP contribution in [0.4, 0.5) is 4.39 Å². The van der Waals surface area contributed by atoms with Crippen LogP contribution in [0.2, 0.25) is 5.02 Å². The van der Waals surface area contributed by atoms with Gasteiger partial charge < -0.3 is 19.2 Å². The van der Waals surface area contributed by atoms with Crippen LogP contribution in [-0.4, -0.2) is 33.2 Å². The van der Waals surface area contributed by atoms with Crippen molar-refractivity contribution >= 4 is 17.5 Å². The van der Waals surface area contributed by atoms with Crippen LogP contribution in [0.5, 0.6) is 17.6 Å². The number of nitrogens with zero attached hydrogens (tertiary/aromatic N) is 4. The van der Waals surface area contributed by atoms with Crippen LogP contribution in [0, 0.1) is 24.1 Å². The Bertz CT molecular complexity index is 1280. The van der Waals surface area contributed by atoms with Crippen LogP contribution in [0.1, 0.15) is 43.8 Å². The summed E-state index contributed by atoms with van der Waals surface area (Å²) in [5.41, 5.74) is 0.0368. The van der Waals surface area contributed by atoms with Crippen molar-refractivity contribution in [1.82, 2.24) is 20.5 Å². The van der Waals surface area contributed by atoms with E-state index in [0.717, 1.165) is 6.07 Å². The lowest BCUT2D eigenvalue weighted by molar-refractivity contribution is -0.127. The fourth-order valence-electron chi connectivity index (χ4n) is 4.32. The largest absolute Gasteiger partial charge is 0.484 e. The number of benzene rings is 1. The third kappa shape index (κ3) is 4.94. The van der Waals surface area contributed by atoms with Crippen molar-refractivity contribution in [2.45, 2.75) is 44.6 Å². The minimum absolute atomic E-state index is 0.0173. The molecule has 4 rings (SSSR count). The van der Waals surface area contributed by atoms with Crippen molar-refractivity contribution in [3.8, 4) is 23.6 Å². The number of carbonyl (C=O) groups is 1. The standard InChI is InChI=1S/C23H21ClFN5O4/c1-13-6-15(9-27-18(13)8-26)33-21-30-29-20(34-21)22(2)11-23(3,12-22)28-19(31)10-32-14-4-5-16(24)17(25)7-14/h4-7,9H,10-12H2,1-3H3,(H,28,31). The molecule has 3 aromatic rings. The normalized spacial score (nSPS) is 21.3. The molecule has 2 aromatic heterocycles. The molecule has 0 bridgehead atoms. The molecule has 1 N–H and O–H groups in total. The molecule has 1 saturated carbocycles. The molecule has 176 valence electrons. The van der Waals surface area contributed by atoms with Gasteiger partial charge in [0.05, 0.1) is 16.6 Å². The van der Waals surface area contributed by atoms with Gasteiger partial charge in [-0.1, -0.05) is 23.6 Å². The number of rotatable bonds is 7. The Morgan fingerprint density at radius 2 is 2.06 bits per heavy atom. The van der Waals surface area contributed by atoms with E-state index in [0.29, 0.717) is 35.7 Å². The lowest BCUT2D eigenvalue weighted by Gasteiger charge is -2.51. The number of aromatic nitrogens is 3. The van der Waals surface area contributed by atoms with Gasteiger partial charge in [0.25, 0.3) is 5.91 Å². The van der Waals surface area contributed by atoms with E-state index in [9.17, 15) is 9.18 Å². The first-order chi connectivity index (χ1) is 16.1. The second-order valence-corrected chi connectivity index (χ2v) is 9.22. The summed E-state index contributed by atoms with van der Waals surface area (Å²) in [6.45, 7) is 5.36. The first-order valence-corrected chi connectivity index (χ1v) is 10.7. The monoisotopic (exact) mass is 485 g/mol. The smallest absolute Gasteiger partial charge is 0.420 e. The molecule has 0 aliphatic heterocycles. The third-order valence-electron chi connectivity index (χ3n) is 5.55. The molecule has 11 heteroatoms. The van der Waals surface area contributed by atoms with Crippen molar-refractivity contribution in [1.29, 1.82) is 5.26 Å². The summed E-state index contributed by atoms with van der Waals surface area (Å²) in [6.07, 6.45) is 2.48. The van der Waals surface area contributed by atoms with E-state index in [2.05, 4.69) is 20.5 Å². The lowest BCUT2D eigenvalue weighted by atomic mass is 9.59. The number of aryl methyl sites for hydroxylation is 1. The number of nitriles is 1. The molecule has 0 radical (unpaired) electrons. The predicted octanol–water partition coefficient (Wildman–Crippen LogP) is 4.23. The Hall–Kier alpha value is -3.71. The highest BCUT2D eigenvalue weighted by molar-refractivity contribution is 6.30. The van der Waals surface area contributed by atoms with Crippen LogP contribution < -0.4 is 14.8 Å². The minimum atomic E-state index is -0.616. The number of halogens is 2. The van der Waals surface area contributed by atoms with E-state index < -0.39 is 16.8 Å². The average molecular weight is 486 g/mol. The Labute approximate surface area is 199 Å². The molecule has 2 heterocycles. The van der Waals surface area contributed by atoms with Gasteiger partial charge in [0, 0.05) is 11.6 Å². The van der Waals surface area contributed by atoms with Crippen LogP contribution in [0.15, 0.2) is 34.9 Å². The molecule has 34 heavy (non-hydrogen) atoms. The van der Waals surface area contributed by atoms with Crippen LogP contribution >= 0.6 is 11.6 Å². The molecule has 1 aromatic carbocycles. The van der Waals surface area contributed by atoms with Crippen molar-refractivity contribution < 1.29 is 23.1 Å². The summed E-state index contributed by atoms with van der Waals surface area (Å²) in [7, 11) is 0. The second kappa shape index (κ2) is 8.91. The van der Waals surface area contributed by atoms with Crippen molar-refractivity contribution in [3.63, 3.8) is 0 Å². The van der Waals surface area contributed by atoms with Crippen molar-refractivity contribution in [2.75, 3.05) is 6.61 Å². The highest BCUT2D eigenvalue weighted by Crippen LogP contribution is 2.49. The fraction of sp³-hybridized carbons (Fsp3) is 0.348. The van der Waals surface area contributed by atoms with Gasteiger partial charge in [-0.05, 0) is 50.5 Å². The zero-order chi connectivity index (χ0) is 24.5. The van der Waals surface area contributed by atoms with Gasteiger partial charge in [-0.15, -0.1) is 5.10 Å². The van der Waals surface area contributed by atoms with E-state index in [1.165, 1.54) is 18.3 Å². The maximum atomic E-state index is 13.5. The topological polar surface area (TPSA) is 123 Å². The van der Waals surface area contributed by atoms with Crippen LogP contribution in [0.25, 0.3) is 0 Å². The van der Waals surface area contributed by atoms with Gasteiger partial charge in [0.15, 0.2) is 12.4 Å². The minimum Gasteiger partial charge on any atom is -0.484 e. The summed E-state index contributed by atoms with van der Waals surface area (Å²) in [4.78, 5) is 16.4. The van der Waals surface area contributed by atoms with Gasteiger partial charge in [0.1, 0.15) is 23.3 Å². The number of hydrogen-bond acceptors (Lipinski definition) is 8. The Kier molecular flexibility index (Phi) is 6.15. The summed E-state index contributed by atoms with van der Waals surface area (Å²) in [6, 6.07) is 7.64. The summed E-state index contributed by atoms with van der Waals surface area (Å²) in [5.74, 6) is 0.0307. The maximum absolute atomic E-state index is 13.5. The SMILES string of the molecule is Cc1cc(Oc2nnc(C3(C)CC(C)(NC(=O)COc4ccc(Cl)c(F)c4)C3)o2)cnc1C#N. The summed E-state index contributed by atoms with van der Waals surface area (Å²) in [5, 5.41) is 19.9. The van der Waals surface area contributed by atoms with Gasteiger partial charge in [-0.3, -0.25) is 4.79 Å². The molecule has 1 aliphatic rings. The zero-order valence-electron chi connectivity index (χ0n) is 18.7. The van der Waals surface area contributed by atoms with Gasteiger partial charge >= 0.3 is 6.08 Å². The molecule has 0 atom stereocenters. The van der Waals surface area contributed by atoms with E-state index in [1.54, 1.807) is 13.0 Å². The summed E-state index contributed by atoms with van der Waals surface area (Å²) >= 11 is 5.65. The van der Waals surface area contributed by atoms with Crippen molar-refractivity contribution in [2.24, 2.45) is 0 Å². The number of hydrogen-bond donors (Lipinski definition) is 1. The van der Waals surface area contributed by atoms with E-state index in [4.69, 9.17) is 30.8 Å². The number of pyridine rings is 1. The van der Waals surface area contributed by atoms with Crippen LogP contribution in [0.3, 0.4) is 0 Å². The van der Waals surface area contributed by atoms with Gasteiger partial charge in [-0.2, -0.15) is 5.26 Å². The highest BCUT2D eigenvalue weighted by Gasteiger charge is 2.53. The molecule has 0 spiro atoms. The molecule has 0 unspecified atom stereocenters. The number of amides is 1. The lowest BCUT2D eigenvalue weighted by Crippen LogP contribution is -2.61. The zero-order valence-corrected chi connectivity index (χ0v) is 19.4. The van der Waals surface area contributed by atoms with Crippen molar-refractivity contribution in [3.05, 3.63) is 58.5 Å². The first kappa shape index (κ1) is 23.4. The third-order valence-corrected chi connectivity index (χ3v) is 5.86. The van der Waals surface area contributed by atoms with Gasteiger partial charge in [0.2, 0.25) is 5.89 Å². The first-order valence-electron chi connectivity index (χ1n) is 10.4. The summed E-state index contributed by atoms with van der Waals surface area (Å²) < 4.78 is 30.1. The van der Waals surface area contributed by atoms with E-state index in [1.807, 2.05) is 19.9 Å². The number of carbonyl (C=O) groups excluding carboxylic acids is 1. The van der Waals surface area contributed by atoms with E-state index in [-0.39, 0.29) is 29.4 Å². The average Bonchev–Trinajstić information content (AvgIpc) is 3.23. The Morgan fingerprint density at radius 1 is 1.29 bits per heavy atom. The van der Waals surface area contributed by atoms with Crippen LogP contribution in [-0.2, 0) is 10.2 Å². The quantitative estimate of drug-likeness (QED) is 0.527. The highest BCUT2D eigenvalue weighted by atomic mass is 35.5.